The normalized spacial score (nSPS) is 13.7. The average Bonchev–Trinajstić information content (AvgIpc) is 2.59. The lowest BCUT2D eigenvalue weighted by molar-refractivity contribution is -0.230. The molecule has 0 aromatic carbocycles. The second kappa shape index (κ2) is 14.7. The van der Waals surface area contributed by atoms with Gasteiger partial charge in [0.25, 0.3) is 0 Å². The molecule has 0 aromatic rings. The highest BCUT2D eigenvalue weighted by molar-refractivity contribution is 7.57. The first-order valence-electron chi connectivity index (χ1n) is 9.90. The van der Waals surface area contributed by atoms with Crippen LogP contribution < -0.4 is 0 Å². The third kappa shape index (κ3) is 10.0. The van der Waals surface area contributed by atoms with Gasteiger partial charge in [0.15, 0.2) is 5.79 Å². The lowest BCUT2D eigenvalue weighted by Crippen LogP contribution is -2.39. The first-order chi connectivity index (χ1) is 11.1. The average molecular weight is 347 g/mol. The summed E-state index contributed by atoms with van der Waals surface area (Å²) in [5.41, 5.74) is 0. The molecule has 1 unspecified atom stereocenters. The van der Waals surface area contributed by atoms with Gasteiger partial charge >= 0.3 is 0 Å². The highest BCUT2D eigenvalue weighted by Crippen LogP contribution is 2.38. The molecule has 140 valence electrons. The molecule has 0 spiro atoms. The quantitative estimate of drug-likeness (QED) is 0.177. The van der Waals surface area contributed by atoms with E-state index in [2.05, 4.69) is 27.7 Å². The summed E-state index contributed by atoms with van der Waals surface area (Å²) >= 11 is 0. The standard InChI is InChI=1S/C20H43O2P/c1-7-10-11-12-13-14-16-19(20(4,21-5)22-6)17-15-18-23(8-2)9-3/h19H,7-18H2,1-6H3. The summed E-state index contributed by atoms with van der Waals surface area (Å²) in [7, 11) is 3.85. The molecule has 0 amide bonds. The summed E-state index contributed by atoms with van der Waals surface area (Å²) in [6, 6.07) is 0. The van der Waals surface area contributed by atoms with Crippen molar-refractivity contribution in [2.24, 2.45) is 5.92 Å². The van der Waals surface area contributed by atoms with Gasteiger partial charge in [-0.15, -0.1) is 7.92 Å². The van der Waals surface area contributed by atoms with Gasteiger partial charge < -0.3 is 9.47 Å². The number of rotatable bonds is 16. The van der Waals surface area contributed by atoms with E-state index < -0.39 is 5.79 Å². The predicted octanol–water partition coefficient (Wildman–Crippen LogP) is 6.66. The Morgan fingerprint density at radius 2 is 1.30 bits per heavy atom. The number of hydrogen-bond acceptors (Lipinski definition) is 2. The molecule has 0 N–H and O–H groups in total. The van der Waals surface area contributed by atoms with E-state index in [1.807, 2.05) is 0 Å². The predicted molar refractivity (Wildman–Crippen MR) is 106 cm³/mol. The molecule has 0 aliphatic heterocycles. The molecule has 0 aromatic heterocycles. The Balaban J connectivity index is 4.29. The Morgan fingerprint density at radius 1 is 0.783 bits per heavy atom. The Hall–Kier alpha value is 0.350. The SMILES string of the molecule is CCCCCCCCC(CCCP(CC)CC)C(C)(OC)OC. The summed E-state index contributed by atoms with van der Waals surface area (Å²) in [5.74, 6) is 0.110. The molecule has 0 saturated heterocycles. The monoisotopic (exact) mass is 346 g/mol. The zero-order valence-electron chi connectivity index (χ0n) is 16.8. The second-order valence-corrected chi connectivity index (χ2v) is 9.90. The summed E-state index contributed by atoms with van der Waals surface area (Å²) in [6.07, 6.45) is 16.1. The number of unbranched alkanes of at least 4 members (excludes halogenated alkanes) is 5. The molecule has 0 bridgehead atoms. The summed E-state index contributed by atoms with van der Waals surface area (Å²) < 4.78 is 11.5. The molecule has 3 heteroatoms. The van der Waals surface area contributed by atoms with Crippen LogP contribution in [0.1, 0.15) is 85.5 Å². The van der Waals surface area contributed by atoms with Gasteiger partial charge in [0.1, 0.15) is 0 Å². The van der Waals surface area contributed by atoms with Crippen molar-refractivity contribution in [2.75, 3.05) is 32.7 Å². The van der Waals surface area contributed by atoms with Crippen LogP contribution in [0.5, 0.6) is 0 Å². The van der Waals surface area contributed by atoms with Crippen LogP contribution in [0.4, 0.5) is 0 Å². The van der Waals surface area contributed by atoms with E-state index in [0.29, 0.717) is 5.92 Å². The summed E-state index contributed by atoms with van der Waals surface area (Å²) in [6.45, 7) is 9.09. The van der Waals surface area contributed by atoms with Gasteiger partial charge in [-0.2, -0.15) is 0 Å². The third-order valence-electron chi connectivity index (χ3n) is 5.38. The van der Waals surface area contributed by atoms with Crippen molar-refractivity contribution in [3.63, 3.8) is 0 Å². The molecular formula is C20H43O2P. The summed E-state index contributed by atoms with van der Waals surface area (Å²) in [4.78, 5) is 0. The zero-order chi connectivity index (χ0) is 17.6. The Labute approximate surface area is 147 Å². The molecule has 0 heterocycles. The molecule has 1 atom stereocenters. The Kier molecular flexibility index (Phi) is 14.9. The van der Waals surface area contributed by atoms with Crippen molar-refractivity contribution >= 4 is 7.92 Å². The maximum atomic E-state index is 5.74. The van der Waals surface area contributed by atoms with Crippen LogP contribution in [0.3, 0.4) is 0 Å². The fourth-order valence-electron chi connectivity index (χ4n) is 3.36. The van der Waals surface area contributed by atoms with Crippen molar-refractivity contribution in [1.29, 1.82) is 0 Å². The lowest BCUT2D eigenvalue weighted by Gasteiger charge is -2.35. The minimum Gasteiger partial charge on any atom is -0.353 e. The van der Waals surface area contributed by atoms with Crippen LogP contribution in [0.15, 0.2) is 0 Å². The van der Waals surface area contributed by atoms with Gasteiger partial charge in [0.05, 0.1) is 0 Å². The first-order valence-corrected chi connectivity index (χ1v) is 11.8. The minimum atomic E-state index is -0.412. The van der Waals surface area contributed by atoms with E-state index in [1.54, 1.807) is 14.2 Å². The van der Waals surface area contributed by atoms with Crippen molar-refractivity contribution in [2.45, 2.75) is 91.3 Å². The number of ether oxygens (including phenoxy) is 2. The van der Waals surface area contributed by atoms with E-state index in [9.17, 15) is 0 Å². The highest BCUT2D eigenvalue weighted by atomic mass is 31.1. The number of methoxy groups -OCH3 is 2. The molecule has 23 heavy (non-hydrogen) atoms. The molecular weight excluding hydrogens is 303 g/mol. The van der Waals surface area contributed by atoms with Crippen LogP contribution in [0.25, 0.3) is 0 Å². The summed E-state index contributed by atoms with van der Waals surface area (Å²) in [5, 5.41) is 0. The number of hydrogen-bond donors (Lipinski definition) is 0. The van der Waals surface area contributed by atoms with Crippen molar-refractivity contribution in [3.8, 4) is 0 Å². The van der Waals surface area contributed by atoms with Crippen molar-refractivity contribution in [1.82, 2.24) is 0 Å². The van der Waals surface area contributed by atoms with Gasteiger partial charge in [-0.25, -0.2) is 0 Å². The maximum Gasteiger partial charge on any atom is 0.167 e. The molecule has 0 aliphatic rings. The maximum absolute atomic E-state index is 5.74. The highest BCUT2D eigenvalue weighted by Gasteiger charge is 2.33. The topological polar surface area (TPSA) is 18.5 Å². The van der Waals surface area contributed by atoms with Crippen LogP contribution in [0.2, 0.25) is 0 Å². The molecule has 0 rings (SSSR count). The molecule has 0 aliphatic carbocycles. The minimum absolute atomic E-state index is 0.264. The van der Waals surface area contributed by atoms with Crippen LogP contribution in [-0.2, 0) is 9.47 Å². The first kappa shape index (κ1) is 23.4. The van der Waals surface area contributed by atoms with Gasteiger partial charge in [0, 0.05) is 20.1 Å². The second-order valence-electron chi connectivity index (χ2n) is 6.85. The Bertz CT molecular complexity index is 250. The fourth-order valence-corrected chi connectivity index (χ4v) is 5.07. The molecule has 2 nitrogen and oxygen atoms in total. The van der Waals surface area contributed by atoms with Gasteiger partial charge in [-0.3, -0.25) is 0 Å². The lowest BCUT2D eigenvalue weighted by atomic mass is 9.89. The van der Waals surface area contributed by atoms with E-state index >= 15 is 0 Å². The zero-order valence-corrected chi connectivity index (χ0v) is 17.7. The van der Waals surface area contributed by atoms with Crippen LogP contribution in [-0.4, -0.2) is 38.5 Å². The van der Waals surface area contributed by atoms with E-state index in [1.165, 1.54) is 76.3 Å². The van der Waals surface area contributed by atoms with Crippen molar-refractivity contribution < 1.29 is 9.47 Å². The fraction of sp³-hybridized carbons (Fsp3) is 1.00. The third-order valence-corrected chi connectivity index (χ3v) is 8.12. The van der Waals surface area contributed by atoms with Gasteiger partial charge in [0.2, 0.25) is 0 Å². The van der Waals surface area contributed by atoms with Crippen molar-refractivity contribution in [3.05, 3.63) is 0 Å². The van der Waals surface area contributed by atoms with Gasteiger partial charge in [-0.05, 0) is 44.7 Å². The molecule has 0 radical (unpaired) electrons. The van der Waals surface area contributed by atoms with E-state index in [0.717, 1.165) is 0 Å². The van der Waals surface area contributed by atoms with Gasteiger partial charge in [-0.1, -0.05) is 59.3 Å². The van der Waals surface area contributed by atoms with E-state index in [4.69, 9.17) is 9.47 Å². The molecule has 0 fully saturated rings. The Morgan fingerprint density at radius 3 is 1.83 bits per heavy atom. The molecule has 0 saturated carbocycles. The van der Waals surface area contributed by atoms with E-state index in [-0.39, 0.29) is 7.92 Å². The van der Waals surface area contributed by atoms with Crippen LogP contribution in [0, 0.1) is 5.92 Å². The smallest absolute Gasteiger partial charge is 0.167 e. The largest absolute Gasteiger partial charge is 0.353 e. The van der Waals surface area contributed by atoms with Crippen LogP contribution >= 0.6 is 7.92 Å².